The van der Waals surface area contributed by atoms with Crippen LogP contribution in [0.1, 0.15) is 41.4 Å². The van der Waals surface area contributed by atoms with E-state index < -0.39 is 93.0 Å². The maximum absolute atomic E-state index is 14.6. The molecule has 0 bridgehead atoms. The van der Waals surface area contributed by atoms with E-state index in [2.05, 4.69) is 18.9 Å². The molecule has 2 rings (SSSR count). The molecule has 250 valence electrons. The molecule has 0 unspecified atom stereocenters. The number of alkyl halides is 8. The lowest BCUT2D eigenvalue weighted by Crippen LogP contribution is -2.67. The molecule has 0 spiro atoms. The summed E-state index contributed by atoms with van der Waals surface area (Å²) >= 11 is 0. The van der Waals surface area contributed by atoms with Crippen LogP contribution < -0.4 is 10.6 Å². The second-order valence-corrected chi connectivity index (χ2v) is 8.77. The van der Waals surface area contributed by atoms with Crippen molar-refractivity contribution in [3.63, 3.8) is 0 Å². The fraction of sp³-hybridized carbons (Fsp3) is 0.308. The molecule has 0 heterocycles. The Kier molecular flexibility index (Phi) is 10.7. The number of methoxy groups -OCH3 is 4. The van der Waals surface area contributed by atoms with Crippen LogP contribution in [0, 0.1) is 0 Å². The summed E-state index contributed by atoms with van der Waals surface area (Å²) in [7, 11) is 3.30. The van der Waals surface area contributed by atoms with Gasteiger partial charge in [-0.25, -0.2) is 19.2 Å². The molecule has 0 aliphatic rings. The van der Waals surface area contributed by atoms with Crippen molar-refractivity contribution in [1.29, 1.82) is 0 Å². The lowest BCUT2D eigenvalue weighted by atomic mass is 9.97. The van der Waals surface area contributed by atoms with E-state index in [1.807, 2.05) is 0 Å². The molecule has 0 aliphatic carbocycles. The minimum absolute atomic E-state index is 0.482. The van der Waals surface area contributed by atoms with Crippen molar-refractivity contribution in [3.05, 3.63) is 58.7 Å². The lowest BCUT2D eigenvalue weighted by molar-refractivity contribution is -0.345. The van der Waals surface area contributed by atoms with Gasteiger partial charge < -0.3 is 29.6 Å². The molecule has 0 fully saturated rings. The molecule has 0 aromatic heterocycles. The van der Waals surface area contributed by atoms with E-state index in [0.717, 1.165) is 51.2 Å². The van der Waals surface area contributed by atoms with E-state index in [4.69, 9.17) is 0 Å². The second kappa shape index (κ2) is 13.4. The Morgan fingerprint density at radius 2 is 0.674 bits per heavy atom. The van der Waals surface area contributed by atoms with Crippen molar-refractivity contribution in [3.8, 4) is 0 Å². The minimum atomic E-state index is -7.32. The van der Waals surface area contributed by atoms with Gasteiger partial charge in [0.15, 0.2) is 0 Å². The van der Waals surface area contributed by atoms with Gasteiger partial charge in [-0.1, -0.05) is 0 Å². The Morgan fingerprint density at radius 3 is 0.870 bits per heavy atom. The van der Waals surface area contributed by atoms with Crippen LogP contribution in [-0.2, 0) is 28.5 Å². The highest BCUT2D eigenvalue weighted by Gasteiger charge is 2.84. The van der Waals surface area contributed by atoms with Gasteiger partial charge in [0.25, 0.3) is 0 Å². The summed E-state index contributed by atoms with van der Waals surface area (Å²) in [6.07, 6.45) is 0. The lowest BCUT2D eigenvalue weighted by Gasteiger charge is -2.35. The van der Waals surface area contributed by atoms with Gasteiger partial charge in [0.1, 0.15) is 0 Å². The first-order valence-corrected chi connectivity index (χ1v) is 11.9. The first-order chi connectivity index (χ1) is 21.1. The molecule has 0 saturated heterocycles. The van der Waals surface area contributed by atoms with Crippen LogP contribution in [0.15, 0.2) is 36.4 Å². The molecule has 20 heteroatoms. The fourth-order valence-electron chi connectivity index (χ4n) is 3.44. The third-order valence-corrected chi connectivity index (χ3v) is 5.82. The molecule has 0 saturated carbocycles. The summed E-state index contributed by atoms with van der Waals surface area (Å²) in [6, 6.07) is 3.43. The Bertz CT molecular complexity index is 1400. The van der Waals surface area contributed by atoms with E-state index in [1.165, 1.54) is 0 Å². The standard InChI is InChI=1S/C26H20F8N2O10/c1-43-17(37)11-5-12(18(38)44-2)8-15(7-11)35-21(41)23(27,28)25(31,32)26(33,34)24(29,30)22(42)36-16-9-13(19(39)45-3)6-14(10-16)20(40)46-4/h5-10H,1-4H3,(H,35,41)(H,36,42). The summed E-state index contributed by atoms with van der Waals surface area (Å²) in [5.41, 5.74) is -4.76. The van der Waals surface area contributed by atoms with Crippen molar-refractivity contribution < 1.29 is 82.8 Å². The Morgan fingerprint density at radius 1 is 0.457 bits per heavy atom. The third kappa shape index (κ3) is 6.84. The molecular formula is C26H20F8N2O10. The number of halogens is 8. The molecule has 2 N–H and O–H groups in total. The highest BCUT2D eigenvalue weighted by Crippen LogP contribution is 2.53. The van der Waals surface area contributed by atoms with Crippen LogP contribution in [0.4, 0.5) is 46.5 Å². The predicted octanol–water partition coefficient (Wildman–Crippen LogP) is 3.95. The zero-order chi connectivity index (χ0) is 35.4. The van der Waals surface area contributed by atoms with Crippen molar-refractivity contribution >= 4 is 47.1 Å². The average molecular weight is 672 g/mol. The summed E-state index contributed by atoms with van der Waals surface area (Å²) in [5, 5.41) is 2.03. The molecule has 46 heavy (non-hydrogen) atoms. The number of amides is 2. The molecule has 2 amide bonds. The number of ether oxygens (including phenoxy) is 4. The van der Waals surface area contributed by atoms with E-state index in [9.17, 15) is 63.9 Å². The number of esters is 4. The van der Waals surface area contributed by atoms with E-state index >= 15 is 0 Å². The number of benzene rings is 2. The summed E-state index contributed by atoms with van der Waals surface area (Å²) < 4.78 is 134. The maximum Gasteiger partial charge on any atom is 0.393 e. The second-order valence-electron chi connectivity index (χ2n) is 8.77. The molecule has 0 aliphatic heterocycles. The first-order valence-electron chi connectivity index (χ1n) is 11.9. The van der Waals surface area contributed by atoms with Crippen LogP contribution >= 0.6 is 0 Å². The van der Waals surface area contributed by atoms with Crippen LogP contribution in [0.25, 0.3) is 0 Å². The van der Waals surface area contributed by atoms with Gasteiger partial charge in [0.05, 0.1) is 50.7 Å². The number of hydrogen-bond donors (Lipinski definition) is 2. The summed E-state index contributed by atoms with van der Waals surface area (Å²) in [4.78, 5) is 71.6. The zero-order valence-corrected chi connectivity index (χ0v) is 23.6. The van der Waals surface area contributed by atoms with Gasteiger partial charge in [0.2, 0.25) is 0 Å². The predicted molar refractivity (Wildman–Crippen MR) is 135 cm³/mol. The average Bonchev–Trinajstić information content (AvgIpc) is 3.02. The molecular weight excluding hydrogens is 652 g/mol. The maximum atomic E-state index is 14.6. The Labute approximate surface area is 251 Å². The number of hydrogen-bond acceptors (Lipinski definition) is 10. The summed E-state index contributed by atoms with van der Waals surface area (Å²) in [5.74, 6) is -39.8. The number of nitrogens with one attached hydrogen (secondary N) is 2. The van der Waals surface area contributed by atoms with Crippen molar-refractivity contribution in [1.82, 2.24) is 0 Å². The van der Waals surface area contributed by atoms with Crippen LogP contribution in [0.2, 0.25) is 0 Å². The largest absolute Gasteiger partial charge is 0.465 e. The van der Waals surface area contributed by atoms with Crippen LogP contribution in [-0.4, -0.2) is 87.8 Å². The van der Waals surface area contributed by atoms with Gasteiger partial charge in [-0.05, 0) is 36.4 Å². The van der Waals surface area contributed by atoms with Crippen molar-refractivity contribution in [2.75, 3.05) is 39.1 Å². The van der Waals surface area contributed by atoms with Gasteiger partial charge in [-0.15, -0.1) is 0 Å². The molecule has 0 atom stereocenters. The van der Waals surface area contributed by atoms with Gasteiger partial charge in [-0.2, -0.15) is 35.1 Å². The highest BCUT2D eigenvalue weighted by molar-refractivity contribution is 6.03. The number of carbonyl (C=O) groups is 6. The normalized spacial score (nSPS) is 12.0. The third-order valence-electron chi connectivity index (χ3n) is 5.82. The Hall–Kier alpha value is -5.30. The zero-order valence-electron chi connectivity index (χ0n) is 23.6. The topological polar surface area (TPSA) is 163 Å². The minimum Gasteiger partial charge on any atom is -0.465 e. The van der Waals surface area contributed by atoms with Crippen molar-refractivity contribution in [2.24, 2.45) is 0 Å². The van der Waals surface area contributed by atoms with E-state index in [0.29, 0.717) is 24.3 Å². The number of anilines is 2. The molecule has 12 nitrogen and oxygen atoms in total. The Balaban J connectivity index is 2.48. The van der Waals surface area contributed by atoms with Gasteiger partial charge in [0, 0.05) is 11.4 Å². The molecule has 0 radical (unpaired) electrons. The SMILES string of the molecule is COC(=O)c1cc(NC(=O)C(F)(F)C(F)(F)C(F)(F)C(F)(F)C(=O)Nc2cc(C(=O)OC)cc(C(=O)OC)c2)cc(C(=O)OC)c1. The molecule has 2 aromatic rings. The first kappa shape index (κ1) is 36.9. The van der Waals surface area contributed by atoms with Gasteiger partial charge >= 0.3 is 59.4 Å². The van der Waals surface area contributed by atoms with Crippen LogP contribution in [0.3, 0.4) is 0 Å². The number of carbonyl (C=O) groups excluding carboxylic acids is 6. The number of rotatable bonds is 11. The fourth-order valence-corrected chi connectivity index (χ4v) is 3.44. The smallest absolute Gasteiger partial charge is 0.393 e. The van der Waals surface area contributed by atoms with Crippen LogP contribution in [0.5, 0.6) is 0 Å². The highest BCUT2D eigenvalue weighted by atomic mass is 19.4. The molecule has 2 aromatic carbocycles. The van der Waals surface area contributed by atoms with Crippen molar-refractivity contribution in [2.45, 2.75) is 23.7 Å². The monoisotopic (exact) mass is 672 g/mol. The summed E-state index contributed by atoms with van der Waals surface area (Å²) in [6.45, 7) is 0. The quantitative estimate of drug-likeness (QED) is 0.203. The van der Waals surface area contributed by atoms with Gasteiger partial charge in [-0.3, -0.25) is 9.59 Å². The van der Waals surface area contributed by atoms with E-state index in [1.54, 1.807) is 0 Å². The van der Waals surface area contributed by atoms with E-state index in [-0.39, 0.29) is 0 Å².